The van der Waals surface area contributed by atoms with Crippen LogP contribution in [0.3, 0.4) is 0 Å². The molecule has 0 saturated carbocycles. The van der Waals surface area contributed by atoms with Gasteiger partial charge in [0, 0.05) is 11.8 Å². The molecule has 2 heteroatoms. The summed E-state index contributed by atoms with van der Waals surface area (Å²) in [5.74, 6) is 0.726. The Morgan fingerprint density at radius 3 is 2.14 bits per heavy atom. The SMILES string of the molecule is CCC(C)Cc1ccc(-c2ccc(C(C)(C)O)nc2)cc1. The summed E-state index contributed by atoms with van der Waals surface area (Å²) in [7, 11) is 0. The van der Waals surface area contributed by atoms with E-state index in [1.165, 1.54) is 12.0 Å². The van der Waals surface area contributed by atoms with E-state index in [9.17, 15) is 5.11 Å². The molecular weight excluding hydrogens is 258 g/mol. The van der Waals surface area contributed by atoms with Gasteiger partial charge in [-0.3, -0.25) is 4.98 Å². The lowest BCUT2D eigenvalue weighted by molar-refractivity contribution is 0.0739. The predicted molar refractivity (Wildman–Crippen MR) is 88.1 cm³/mol. The second-order valence-electron chi connectivity index (χ2n) is 6.41. The third kappa shape index (κ3) is 4.15. The monoisotopic (exact) mass is 283 g/mol. The summed E-state index contributed by atoms with van der Waals surface area (Å²) in [5.41, 5.74) is 3.43. The Kier molecular flexibility index (Phi) is 4.79. The van der Waals surface area contributed by atoms with Gasteiger partial charge in [-0.05, 0) is 43.4 Å². The summed E-state index contributed by atoms with van der Waals surface area (Å²) in [4.78, 5) is 4.36. The van der Waals surface area contributed by atoms with Crippen molar-refractivity contribution in [2.75, 3.05) is 0 Å². The van der Waals surface area contributed by atoms with E-state index < -0.39 is 5.60 Å². The van der Waals surface area contributed by atoms with E-state index in [-0.39, 0.29) is 0 Å². The number of aliphatic hydroxyl groups is 1. The fourth-order valence-corrected chi connectivity index (χ4v) is 2.31. The Morgan fingerprint density at radius 2 is 1.67 bits per heavy atom. The van der Waals surface area contributed by atoms with Crippen molar-refractivity contribution in [3.05, 3.63) is 53.9 Å². The molecule has 112 valence electrons. The Bertz CT molecular complexity index is 564. The summed E-state index contributed by atoms with van der Waals surface area (Å²) < 4.78 is 0. The standard InChI is InChI=1S/C19H25NO/c1-5-14(2)12-15-6-8-16(9-7-15)17-10-11-18(20-13-17)19(3,4)21/h6-11,13-14,21H,5,12H2,1-4H3. The largest absolute Gasteiger partial charge is 0.384 e. The molecule has 0 spiro atoms. The van der Waals surface area contributed by atoms with Crippen LogP contribution in [0.15, 0.2) is 42.6 Å². The lowest BCUT2D eigenvalue weighted by Crippen LogP contribution is -2.17. The fourth-order valence-electron chi connectivity index (χ4n) is 2.31. The lowest BCUT2D eigenvalue weighted by atomic mass is 9.97. The highest BCUT2D eigenvalue weighted by atomic mass is 16.3. The molecule has 2 nitrogen and oxygen atoms in total. The summed E-state index contributed by atoms with van der Waals surface area (Å²) in [6, 6.07) is 12.6. The van der Waals surface area contributed by atoms with Crippen LogP contribution >= 0.6 is 0 Å². The van der Waals surface area contributed by atoms with Crippen molar-refractivity contribution in [1.82, 2.24) is 4.98 Å². The third-order valence-corrected chi connectivity index (χ3v) is 3.96. The highest BCUT2D eigenvalue weighted by Crippen LogP contribution is 2.23. The topological polar surface area (TPSA) is 33.1 Å². The van der Waals surface area contributed by atoms with Crippen molar-refractivity contribution >= 4 is 0 Å². The smallest absolute Gasteiger partial charge is 0.101 e. The number of nitrogens with zero attached hydrogens (tertiary/aromatic N) is 1. The molecule has 1 heterocycles. The molecular formula is C19H25NO. The van der Waals surface area contributed by atoms with Crippen LogP contribution in [0.4, 0.5) is 0 Å². The van der Waals surface area contributed by atoms with Crippen LogP contribution in [0, 0.1) is 5.92 Å². The van der Waals surface area contributed by atoms with Crippen LogP contribution in [0.25, 0.3) is 11.1 Å². The summed E-state index contributed by atoms with van der Waals surface area (Å²) in [6.45, 7) is 8.01. The highest BCUT2D eigenvalue weighted by Gasteiger charge is 2.17. The quantitative estimate of drug-likeness (QED) is 0.872. The van der Waals surface area contributed by atoms with Gasteiger partial charge >= 0.3 is 0 Å². The molecule has 2 rings (SSSR count). The number of pyridine rings is 1. The molecule has 0 aliphatic rings. The van der Waals surface area contributed by atoms with Gasteiger partial charge in [0.15, 0.2) is 0 Å². The number of aromatic nitrogens is 1. The molecule has 2 aromatic rings. The normalized spacial score (nSPS) is 13.2. The average Bonchev–Trinajstić information content (AvgIpc) is 2.47. The van der Waals surface area contributed by atoms with Gasteiger partial charge in [-0.25, -0.2) is 0 Å². The lowest BCUT2D eigenvalue weighted by Gasteiger charge is -2.16. The summed E-state index contributed by atoms with van der Waals surface area (Å²) >= 11 is 0. The van der Waals surface area contributed by atoms with E-state index in [1.54, 1.807) is 13.8 Å². The van der Waals surface area contributed by atoms with Crippen molar-refractivity contribution in [2.45, 2.75) is 46.1 Å². The first kappa shape index (κ1) is 15.7. The molecule has 0 aliphatic heterocycles. The number of hydrogen-bond donors (Lipinski definition) is 1. The molecule has 1 aromatic carbocycles. The van der Waals surface area contributed by atoms with Crippen molar-refractivity contribution in [3.63, 3.8) is 0 Å². The molecule has 1 N–H and O–H groups in total. The van der Waals surface area contributed by atoms with E-state index in [0.29, 0.717) is 5.69 Å². The number of hydrogen-bond acceptors (Lipinski definition) is 2. The van der Waals surface area contributed by atoms with E-state index in [2.05, 4.69) is 43.1 Å². The zero-order chi connectivity index (χ0) is 15.5. The Morgan fingerprint density at radius 1 is 1.05 bits per heavy atom. The van der Waals surface area contributed by atoms with Gasteiger partial charge < -0.3 is 5.11 Å². The molecule has 1 unspecified atom stereocenters. The van der Waals surface area contributed by atoms with Crippen LogP contribution in [0.1, 0.15) is 45.4 Å². The molecule has 1 aromatic heterocycles. The third-order valence-electron chi connectivity index (χ3n) is 3.96. The van der Waals surface area contributed by atoms with E-state index in [1.807, 2.05) is 18.3 Å². The molecule has 0 amide bonds. The molecule has 0 bridgehead atoms. The van der Waals surface area contributed by atoms with Crippen LogP contribution in [0.5, 0.6) is 0 Å². The van der Waals surface area contributed by atoms with E-state index in [0.717, 1.165) is 23.5 Å². The zero-order valence-electron chi connectivity index (χ0n) is 13.4. The molecule has 1 atom stereocenters. The maximum atomic E-state index is 9.93. The first-order valence-corrected chi connectivity index (χ1v) is 7.68. The highest BCUT2D eigenvalue weighted by molar-refractivity contribution is 5.62. The van der Waals surface area contributed by atoms with Crippen LogP contribution in [0.2, 0.25) is 0 Å². The van der Waals surface area contributed by atoms with Crippen molar-refractivity contribution in [3.8, 4) is 11.1 Å². The molecule has 21 heavy (non-hydrogen) atoms. The maximum absolute atomic E-state index is 9.93. The van der Waals surface area contributed by atoms with E-state index >= 15 is 0 Å². The Labute approximate surface area is 127 Å². The van der Waals surface area contributed by atoms with Gasteiger partial charge in [0.05, 0.1) is 5.69 Å². The van der Waals surface area contributed by atoms with Gasteiger partial charge in [-0.1, -0.05) is 50.6 Å². The first-order valence-electron chi connectivity index (χ1n) is 7.68. The second-order valence-corrected chi connectivity index (χ2v) is 6.41. The van der Waals surface area contributed by atoms with Gasteiger partial charge in [0.2, 0.25) is 0 Å². The van der Waals surface area contributed by atoms with Crippen LogP contribution < -0.4 is 0 Å². The Balaban J connectivity index is 2.15. The molecule has 0 radical (unpaired) electrons. The van der Waals surface area contributed by atoms with Crippen LogP contribution in [-0.4, -0.2) is 10.1 Å². The second kappa shape index (κ2) is 6.40. The summed E-state index contributed by atoms with van der Waals surface area (Å²) in [5, 5.41) is 9.93. The number of rotatable bonds is 5. The fraction of sp³-hybridized carbons (Fsp3) is 0.421. The predicted octanol–water partition coefficient (Wildman–Crippen LogP) is 4.56. The molecule has 0 aliphatic carbocycles. The number of benzene rings is 1. The van der Waals surface area contributed by atoms with Gasteiger partial charge in [0.25, 0.3) is 0 Å². The maximum Gasteiger partial charge on any atom is 0.101 e. The van der Waals surface area contributed by atoms with Gasteiger partial charge in [0.1, 0.15) is 5.60 Å². The van der Waals surface area contributed by atoms with Crippen molar-refractivity contribution < 1.29 is 5.11 Å². The Hall–Kier alpha value is -1.67. The minimum Gasteiger partial charge on any atom is -0.384 e. The average molecular weight is 283 g/mol. The van der Waals surface area contributed by atoms with Crippen molar-refractivity contribution in [2.24, 2.45) is 5.92 Å². The van der Waals surface area contributed by atoms with E-state index in [4.69, 9.17) is 0 Å². The van der Waals surface area contributed by atoms with Gasteiger partial charge in [-0.2, -0.15) is 0 Å². The molecule has 0 fully saturated rings. The zero-order valence-corrected chi connectivity index (χ0v) is 13.4. The minimum absolute atomic E-state index is 0.694. The molecule has 0 saturated heterocycles. The van der Waals surface area contributed by atoms with Crippen LogP contribution in [-0.2, 0) is 12.0 Å². The summed E-state index contributed by atoms with van der Waals surface area (Å²) in [6.07, 6.45) is 4.17. The minimum atomic E-state index is -0.890. The first-order chi connectivity index (χ1) is 9.90. The van der Waals surface area contributed by atoms with Crippen molar-refractivity contribution in [1.29, 1.82) is 0 Å². The van der Waals surface area contributed by atoms with Gasteiger partial charge in [-0.15, -0.1) is 0 Å².